The number of nitriles is 1. The molecule has 0 aromatic carbocycles. The van der Waals surface area contributed by atoms with E-state index in [0.29, 0.717) is 17.8 Å². The number of aliphatic carboxylic acids is 1. The summed E-state index contributed by atoms with van der Waals surface area (Å²) in [5.41, 5.74) is 0.947. The highest BCUT2D eigenvalue weighted by Crippen LogP contribution is 2.21. The lowest BCUT2D eigenvalue weighted by Gasteiger charge is -2.24. The van der Waals surface area contributed by atoms with Crippen molar-refractivity contribution in [2.45, 2.75) is 6.92 Å². The molecule has 0 saturated heterocycles. The average Bonchev–Trinajstić information content (AvgIpc) is 2.17. The zero-order chi connectivity index (χ0) is 10.7. The van der Waals surface area contributed by atoms with Crippen LogP contribution < -0.4 is 0 Å². The number of allylic oxidation sites excluding steroid dienone is 1. The van der Waals surface area contributed by atoms with Crippen LogP contribution in [-0.2, 0) is 4.79 Å². The molecular formula is C10H10N2O2. The molecule has 1 aliphatic heterocycles. The fourth-order valence-corrected chi connectivity index (χ4v) is 1.17. The summed E-state index contributed by atoms with van der Waals surface area (Å²) < 4.78 is 0. The molecule has 1 aliphatic rings. The van der Waals surface area contributed by atoms with E-state index in [4.69, 9.17) is 10.4 Å². The maximum absolute atomic E-state index is 10.7. The summed E-state index contributed by atoms with van der Waals surface area (Å²) in [5.74, 6) is -1.04. The zero-order valence-corrected chi connectivity index (χ0v) is 7.82. The number of hydrogen-bond acceptors (Lipinski definition) is 3. The van der Waals surface area contributed by atoms with Crippen LogP contribution in [0.4, 0.5) is 0 Å². The van der Waals surface area contributed by atoms with E-state index in [9.17, 15) is 4.79 Å². The number of likely N-dealkylation sites (N-methyl/N-ethyl adjacent to an activating group) is 1. The second-order valence-electron chi connectivity index (χ2n) is 2.79. The van der Waals surface area contributed by atoms with Crippen LogP contribution in [-0.4, -0.2) is 22.5 Å². The fraction of sp³-hybridized carbons (Fsp3) is 0.200. The third-order valence-corrected chi connectivity index (χ3v) is 1.96. The van der Waals surface area contributed by atoms with Gasteiger partial charge in [0.15, 0.2) is 0 Å². The molecule has 14 heavy (non-hydrogen) atoms. The summed E-state index contributed by atoms with van der Waals surface area (Å²) in [4.78, 5) is 12.3. The molecule has 1 N–H and O–H groups in total. The Bertz CT molecular complexity index is 385. The summed E-state index contributed by atoms with van der Waals surface area (Å²) in [6, 6.07) is 1.92. The smallest absolute Gasteiger partial charge is 0.337 e. The van der Waals surface area contributed by atoms with Gasteiger partial charge in [-0.05, 0) is 13.0 Å². The van der Waals surface area contributed by atoms with Crippen LogP contribution in [0, 0.1) is 11.3 Å². The fourth-order valence-electron chi connectivity index (χ4n) is 1.17. The van der Waals surface area contributed by atoms with E-state index in [1.165, 1.54) is 12.3 Å². The molecule has 0 spiro atoms. The first kappa shape index (κ1) is 10.1. The van der Waals surface area contributed by atoms with Crippen LogP contribution in [0.25, 0.3) is 0 Å². The van der Waals surface area contributed by atoms with Crippen molar-refractivity contribution in [2.24, 2.45) is 0 Å². The minimum atomic E-state index is -1.04. The predicted octanol–water partition coefficient (Wildman–Crippen LogP) is 1.25. The van der Waals surface area contributed by atoms with Gasteiger partial charge in [0.05, 0.1) is 16.8 Å². The number of carboxylic acids is 1. The maximum atomic E-state index is 10.7. The van der Waals surface area contributed by atoms with Gasteiger partial charge in [0, 0.05) is 12.7 Å². The highest BCUT2D eigenvalue weighted by Gasteiger charge is 2.18. The number of rotatable bonds is 2. The normalized spacial score (nSPS) is 15.7. The van der Waals surface area contributed by atoms with E-state index in [2.05, 4.69) is 6.58 Å². The van der Waals surface area contributed by atoms with Crippen LogP contribution >= 0.6 is 0 Å². The van der Waals surface area contributed by atoms with Gasteiger partial charge in [0.25, 0.3) is 0 Å². The molecule has 0 unspecified atom stereocenters. The molecule has 4 nitrogen and oxygen atoms in total. The minimum absolute atomic E-state index is 0.107. The molecule has 0 bridgehead atoms. The molecule has 0 radical (unpaired) electrons. The molecule has 0 aliphatic carbocycles. The van der Waals surface area contributed by atoms with Crippen molar-refractivity contribution in [1.29, 1.82) is 5.26 Å². The van der Waals surface area contributed by atoms with Crippen molar-refractivity contribution in [3.63, 3.8) is 0 Å². The van der Waals surface area contributed by atoms with Crippen LogP contribution in [0.2, 0.25) is 0 Å². The molecule has 0 fully saturated rings. The van der Waals surface area contributed by atoms with E-state index in [1.54, 1.807) is 4.90 Å². The van der Waals surface area contributed by atoms with Gasteiger partial charge in [-0.2, -0.15) is 5.26 Å². The van der Waals surface area contributed by atoms with E-state index in [-0.39, 0.29) is 5.57 Å². The Morgan fingerprint density at radius 2 is 2.43 bits per heavy atom. The summed E-state index contributed by atoms with van der Waals surface area (Å²) in [6.07, 6.45) is 2.81. The van der Waals surface area contributed by atoms with Crippen LogP contribution in [0.15, 0.2) is 35.7 Å². The van der Waals surface area contributed by atoms with Gasteiger partial charge in [-0.1, -0.05) is 6.58 Å². The second kappa shape index (κ2) is 3.79. The molecule has 0 amide bonds. The van der Waals surface area contributed by atoms with E-state index < -0.39 is 5.97 Å². The molecular weight excluding hydrogens is 180 g/mol. The van der Waals surface area contributed by atoms with Crippen molar-refractivity contribution in [1.82, 2.24) is 4.90 Å². The summed E-state index contributed by atoms with van der Waals surface area (Å²) in [5, 5.41) is 17.5. The first-order chi connectivity index (χ1) is 6.60. The standard InChI is InChI=1S/C10H10N2O2/c1-3-12-6-9(10(13)14)4-8(5-11)7(12)2/h4,6H,2-3H2,1H3,(H,13,14). The van der Waals surface area contributed by atoms with E-state index >= 15 is 0 Å². The quantitative estimate of drug-likeness (QED) is 0.711. The molecule has 0 atom stereocenters. The van der Waals surface area contributed by atoms with Gasteiger partial charge >= 0.3 is 5.97 Å². The molecule has 0 aromatic rings. The highest BCUT2D eigenvalue weighted by atomic mass is 16.4. The summed E-state index contributed by atoms with van der Waals surface area (Å²) in [6.45, 7) is 6.16. The number of hydrogen-bond donors (Lipinski definition) is 1. The van der Waals surface area contributed by atoms with Crippen LogP contribution in [0.3, 0.4) is 0 Å². The van der Waals surface area contributed by atoms with Gasteiger partial charge in [-0.25, -0.2) is 4.79 Å². The van der Waals surface area contributed by atoms with Crippen molar-refractivity contribution in [3.8, 4) is 6.07 Å². The third-order valence-electron chi connectivity index (χ3n) is 1.96. The predicted molar refractivity (Wildman–Crippen MR) is 50.9 cm³/mol. The molecule has 1 heterocycles. The van der Waals surface area contributed by atoms with Crippen molar-refractivity contribution < 1.29 is 9.90 Å². The molecule has 0 aromatic heterocycles. The topological polar surface area (TPSA) is 64.3 Å². The maximum Gasteiger partial charge on any atom is 0.337 e. The van der Waals surface area contributed by atoms with Crippen molar-refractivity contribution >= 4 is 5.97 Å². The van der Waals surface area contributed by atoms with Crippen molar-refractivity contribution in [3.05, 3.63) is 35.7 Å². The minimum Gasteiger partial charge on any atom is -0.478 e. The zero-order valence-electron chi connectivity index (χ0n) is 7.82. The Hall–Kier alpha value is -2.02. The molecule has 0 saturated carbocycles. The summed E-state index contributed by atoms with van der Waals surface area (Å²) >= 11 is 0. The van der Waals surface area contributed by atoms with Gasteiger partial charge in [-0.15, -0.1) is 0 Å². The highest BCUT2D eigenvalue weighted by molar-refractivity contribution is 5.91. The Balaban J connectivity index is 3.13. The monoisotopic (exact) mass is 190 g/mol. The molecule has 72 valence electrons. The molecule has 1 rings (SSSR count). The van der Waals surface area contributed by atoms with Crippen LogP contribution in [0.5, 0.6) is 0 Å². The first-order valence-electron chi connectivity index (χ1n) is 4.13. The van der Waals surface area contributed by atoms with Gasteiger partial charge in [0.2, 0.25) is 0 Å². The average molecular weight is 190 g/mol. The van der Waals surface area contributed by atoms with Gasteiger partial charge < -0.3 is 10.0 Å². The van der Waals surface area contributed by atoms with E-state index in [0.717, 1.165) is 0 Å². The lowest BCUT2D eigenvalue weighted by atomic mass is 10.1. The first-order valence-corrected chi connectivity index (χ1v) is 4.13. The lowest BCUT2D eigenvalue weighted by Crippen LogP contribution is -2.22. The number of carbonyl (C=O) groups is 1. The van der Waals surface area contributed by atoms with Crippen molar-refractivity contribution in [2.75, 3.05) is 6.54 Å². The third kappa shape index (κ3) is 1.67. The van der Waals surface area contributed by atoms with Crippen LogP contribution in [0.1, 0.15) is 6.92 Å². The largest absolute Gasteiger partial charge is 0.478 e. The Morgan fingerprint density at radius 3 is 2.86 bits per heavy atom. The Morgan fingerprint density at radius 1 is 1.79 bits per heavy atom. The molecule has 4 heteroatoms. The Kier molecular flexibility index (Phi) is 2.73. The number of nitrogens with zero attached hydrogens (tertiary/aromatic N) is 2. The van der Waals surface area contributed by atoms with E-state index in [1.807, 2.05) is 13.0 Å². The number of carboxylic acid groups (broad SMARTS) is 1. The second-order valence-corrected chi connectivity index (χ2v) is 2.79. The van der Waals surface area contributed by atoms with Gasteiger partial charge in [-0.3, -0.25) is 0 Å². The SMILES string of the molecule is C=C1C(C#N)=CC(C(=O)O)=CN1CC. The Labute approximate surface area is 82.1 Å². The van der Waals surface area contributed by atoms with Gasteiger partial charge in [0.1, 0.15) is 6.07 Å². The summed E-state index contributed by atoms with van der Waals surface area (Å²) in [7, 11) is 0. The lowest BCUT2D eigenvalue weighted by molar-refractivity contribution is -0.132.